The SMILES string of the molecule is COCc1cccc(Nc2cc(Cl)c(F)cc2N)c1. The number of hydrogen-bond donors (Lipinski definition) is 2. The monoisotopic (exact) mass is 280 g/mol. The molecule has 0 fully saturated rings. The first-order valence-electron chi connectivity index (χ1n) is 5.69. The molecular formula is C14H14ClFN2O. The summed E-state index contributed by atoms with van der Waals surface area (Å²) < 4.78 is 18.3. The van der Waals surface area contributed by atoms with Crippen molar-refractivity contribution in [2.24, 2.45) is 0 Å². The Labute approximate surface area is 116 Å². The van der Waals surface area contributed by atoms with E-state index >= 15 is 0 Å². The molecule has 3 nitrogen and oxygen atoms in total. The summed E-state index contributed by atoms with van der Waals surface area (Å²) in [6.07, 6.45) is 0. The zero-order valence-corrected chi connectivity index (χ0v) is 11.2. The topological polar surface area (TPSA) is 47.3 Å². The molecule has 0 spiro atoms. The van der Waals surface area contributed by atoms with E-state index in [4.69, 9.17) is 22.1 Å². The molecule has 0 bridgehead atoms. The van der Waals surface area contributed by atoms with Gasteiger partial charge in [0.15, 0.2) is 0 Å². The smallest absolute Gasteiger partial charge is 0.143 e. The molecule has 0 aliphatic carbocycles. The normalized spacial score (nSPS) is 10.5. The molecule has 100 valence electrons. The summed E-state index contributed by atoms with van der Waals surface area (Å²) in [5.74, 6) is -0.530. The molecule has 2 aromatic rings. The van der Waals surface area contributed by atoms with Crippen LogP contribution < -0.4 is 11.1 Å². The first-order chi connectivity index (χ1) is 9.10. The number of methoxy groups -OCH3 is 1. The second kappa shape index (κ2) is 5.91. The van der Waals surface area contributed by atoms with E-state index in [1.165, 1.54) is 12.1 Å². The first kappa shape index (κ1) is 13.6. The fourth-order valence-corrected chi connectivity index (χ4v) is 1.90. The highest BCUT2D eigenvalue weighted by Crippen LogP contribution is 2.29. The molecule has 5 heteroatoms. The van der Waals surface area contributed by atoms with Gasteiger partial charge in [-0.1, -0.05) is 23.7 Å². The van der Waals surface area contributed by atoms with E-state index in [0.29, 0.717) is 18.0 Å². The van der Waals surface area contributed by atoms with Gasteiger partial charge in [-0.25, -0.2) is 4.39 Å². The van der Waals surface area contributed by atoms with Crippen molar-refractivity contribution >= 4 is 28.7 Å². The zero-order chi connectivity index (χ0) is 13.8. The third kappa shape index (κ3) is 3.36. The van der Waals surface area contributed by atoms with Crippen molar-refractivity contribution in [2.45, 2.75) is 6.61 Å². The first-order valence-corrected chi connectivity index (χ1v) is 6.07. The summed E-state index contributed by atoms with van der Waals surface area (Å²) in [6, 6.07) is 10.3. The molecule has 0 saturated carbocycles. The largest absolute Gasteiger partial charge is 0.397 e. The van der Waals surface area contributed by atoms with Gasteiger partial charge in [0.25, 0.3) is 0 Å². The number of nitrogen functional groups attached to an aromatic ring is 1. The number of halogens is 2. The van der Waals surface area contributed by atoms with E-state index < -0.39 is 5.82 Å². The predicted molar refractivity (Wildman–Crippen MR) is 76.3 cm³/mol. The highest BCUT2D eigenvalue weighted by atomic mass is 35.5. The molecule has 2 rings (SSSR count). The van der Waals surface area contributed by atoms with Crippen molar-refractivity contribution in [3.63, 3.8) is 0 Å². The summed E-state index contributed by atoms with van der Waals surface area (Å²) in [5.41, 5.74) is 8.49. The van der Waals surface area contributed by atoms with Gasteiger partial charge in [0.2, 0.25) is 0 Å². The van der Waals surface area contributed by atoms with E-state index in [0.717, 1.165) is 11.3 Å². The average molecular weight is 281 g/mol. The number of nitrogens with two attached hydrogens (primary N) is 1. The Morgan fingerprint density at radius 1 is 1.32 bits per heavy atom. The van der Waals surface area contributed by atoms with Crippen molar-refractivity contribution < 1.29 is 9.13 Å². The van der Waals surface area contributed by atoms with Crippen LogP contribution in [0.1, 0.15) is 5.56 Å². The van der Waals surface area contributed by atoms with Crippen molar-refractivity contribution in [2.75, 3.05) is 18.2 Å². The Kier molecular flexibility index (Phi) is 4.24. The van der Waals surface area contributed by atoms with Crippen LogP contribution in [0.4, 0.5) is 21.5 Å². The summed E-state index contributed by atoms with van der Waals surface area (Å²) in [6.45, 7) is 0.523. The van der Waals surface area contributed by atoms with Crippen LogP contribution in [0.15, 0.2) is 36.4 Å². The summed E-state index contributed by atoms with van der Waals surface area (Å²) >= 11 is 5.74. The Morgan fingerprint density at radius 3 is 2.84 bits per heavy atom. The summed E-state index contributed by atoms with van der Waals surface area (Å²) in [4.78, 5) is 0. The van der Waals surface area contributed by atoms with Crippen LogP contribution in [0, 0.1) is 5.82 Å². The van der Waals surface area contributed by atoms with E-state index in [2.05, 4.69) is 5.32 Å². The molecule has 0 amide bonds. The van der Waals surface area contributed by atoms with Crippen LogP contribution in [0.3, 0.4) is 0 Å². The number of rotatable bonds is 4. The molecule has 0 atom stereocenters. The van der Waals surface area contributed by atoms with Gasteiger partial charge in [0.1, 0.15) is 5.82 Å². The third-order valence-corrected chi connectivity index (χ3v) is 2.90. The Morgan fingerprint density at radius 2 is 2.11 bits per heavy atom. The van der Waals surface area contributed by atoms with Crippen LogP contribution in [-0.2, 0) is 11.3 Å². The van der Waals surface area contributed by atoms with E-state index in [-0.39, 0.29) is 5.02 Å². The molecule has 19 heavy (non-hydrogen) atoms. The van der Waals surface area contributed by atoms with Crippen LogP contribution >= 0.6 is 11.6 Å². The van der Waals surface area contributed by atoms with Crippen LogP contribution in [0.5, 0.6) is 0 Å². The minimum Gasteiger partial charge on any atom is -0.397 e. The molecule has 0 aromatic heterocycles. The van der Waals surface area contributed by atoms with E-state index in [9.17, 15) is 4.39 Å². The van der Waals surface area contributed by atoms with Gasteiger partial charge in [0.05, 0.1) is 23.0 Å². The Bertz CT molecular complexity index is 590. The fourth-order valence-electron chi connectivity index (χ4n) is 1.73. The van der Waals surface area contributed by atoms with Gasteiger partial charge in [-0.2, -0.15) is 0 Å². The van der Waals surface area contributed by atoms with Gasteiger partial charge < -0.3 is 15.8 Å². The number of anilines is 3. The zero-order valence-electron chi connectivity index (χ0n) is 10.4. The van der Waals surface area contributed by atoms with Gasteiger partial charge in [0, 0.05) is 18.9 Å². The molecular weight excluding hydrogens is 267 g/mol. The summed E-state index contributed by atoms with van der Waals surface area (Å²) in [7, 11) is 1.64. The molecule has 0 unspecified atom stereocenters. The summed E-state index contributed by atoms with van der Waals surface area (Å²) in [5, 5.41) is 3.14. The quantitative estimate of drug-likeness (QED) is 0.834. The van der Waals surface area contributed by atoms with Crippen LogP contribution in [0.25, 0.3) is 0 Å². The van der Waals surface area contributed by atoms with Gasteiger partial charge >= 0.3 is 0 Å². The molecule has 0 aliphatic heterocycles. The minimum absolute atomic E-state index is 0.0322. The number of hydrogen-bond acceptors (Lipinski definition) is 3. The Balaban J connectivity index is 2.25. The lowest BCUT2D eigenvalue weighted by molar-refractivity contribution is 0.185. The van der Waals surface area contributed by atoms with Crippen molar-refractivity contribution in [3.8, 4) is 0 Å². The van der Waals surface area contributed by atoms with Crippen LogP contribution in [0.2, 0.25) is 5.02 Å². The second-order valence-corrected chi connectivity index (χ2v) is 4.52. The predicted octanol–water partition coefficient (Wildman–Crippen LogP) is 3.95. The second-order valence-electron chi connectivity index (χ2n) is 4.11. The highest BCUT2D eigenvalue weighted by Gasteiger charge is 2.06. The maximum Gasteiger partial charge on any atom is 0.143 e. The Hall–Kier alpha value is -1.78. The number of nitrogens with one attached hydrogen (secondary N) is 1. The molecule has 3 N–H and O–H groups in total. The van der Waals surface area contributed by atoms with Crippen molar-refractivity contribution in [1.82, 2.24) is 0 Å². The molecule has 2 aromatic carbocycles. The fraction of sp³-hybridized carbons (Fsp3) is 0.143. The number of benzene rings is 2. The average Bonchev–Trinajstić information content (AvgIpc) is 2.37. The van der Waals surface area contributed by atoms with Crippen molar-refractivity contribution in [1.29, 1.82) is 0 Å². The minimum atomic E-state index is -0.530. The standard InChI is InChI=1S/C14H14ClFN2O/c1-19-8-9-3-2-4-10(5-9)18-14-6-11(15)12(16)7-13(14)17/h2-7,18H,8,17H2,1H3. The van der Waals surface area contributed by atoms with Crippen molar-refractivity contribution in [3.05, 3.63) is 52.8 Å². The van der Waals surface area contributed by atoms with E-state index in [1.807, 2.05) is 24.3 Å². The van der Waals surface area contributed by atoms with Gasteiger partial charge in [-0.3, -0.25) is 0 Å². The molecule has 0 radical (unpaired) electrons. The lowest BCUT2D eigenvalue weighted by atomic mass is 10.2. The van der Waals surface area contributed by atoms with Gasteiger partial charge in [-0.15, -0.1) is 0 Å². The lowest BCUT2D eigenvalue weighted by Crippen LogP contribution is -1.98. The molecule has 0 saturated heterocycles. The maximum absolute atomic E-state index is 13.2. The van der Waals surface area contributed by atoms with Crippen LogP contribution in [-0.4, -0.2) is 7.11 Å². The third-order valence-electron chi connectivity index (χ3n) is 2.61. The maximum atomic E-state index is 13.2. The molecule has 0 aliphatic rings. The highest BCUT2D eigenvalue weighted by molar-refractivity contribution is 6.31. The van der Waals surface area contributed by atoms with E-state index in [1.54, 1.807) is 7.11 Å². The lowest BCUT2D eigenvalue weighted by Gasteiger charge is -2.11. The molecule has 0 heterocycles. The van der Waals surface area contributed by atoms with Gasteiger partial charge in [-0.05, 0) is 23.8 Å². The number of ether oxygens (including phenoxy) is 1.